The van der Waals surface area contributed by atoms with Crippen molar-refractivity contribution in [1.29, 1.82) is 0 Å². The molecule has 1 heterocycles. The summed E-state index contributed by atoms with van der Waals surface area (Å²) in [5, 5.41) is 14.1. The van der Waals surface area contributed by atoms with E-state index in [1.807, 2.05) is 25.7 Å². The van der Waals surface area contributed by atoms with E-state index in [0.717, 1.165) is 0 Å². The van der Waals surface area contributed by atoms with Crippen molar-refractivity contribution in [3.63, 3.8) is 0 Å². The number of benzene rings is 1. The first-order valence-electron chi connectivity index (χ1n) is 8.73. The standard InChI is InChI=1S/C17H26N4O5S/c1-13(16(22)18-17(2,3)4)19-9-11-20(12-10-19)27(25,26)15-8-6-5-7-14(15)21(23)24/h5-8,13H,9-12H2,1-4H3,(H,18,22)/t13-/m1/s1. The van der Waals surface area contributed by atoms with E-state index in [0.29, 0.717) is 13.1 Å². The maximum atomic E-state index is 12.8. The zero-order valence-electron chi connectivity index (χ0n) is 16.0. The highest BCUT2D eigenvalue weighted by Crippen LogP contribution is 2.27. The summed E-state index contributed by atoms with van der Waals surface area (Å²) < 4.78 is 26.9. The van der Waals surface area contributed by atoms with Crippen molar-refractivity contribution >= 4 is 21.6 Å². The van der Waals surface area contributed by atoms with Crippen LogP contribution in [0, 0.1) is 10.1 Å². The quantitative estimate of drug-likeness (QED) is 0.589. The first-order valence-corrected chi connectivity index (χ1v) is 10.2. The number of rotatable bonds is 5. The van der Waals surface area contributed by atoms with Gasteiger partial charge in [-0.25, -0.2) is 8.42 Å². The fourth-order valence-corrected chi connectivity index (χ4v) is 4.52. The van der Waals surface area contributed by atoms with E-state index >= 15 is 0 Å². The fourth-order valence-electron chi connectivity index (χ4n) is 2.94. The molecular weight excluding hydrogens is 372 g/mol. The van der Waals surface area contributed by atoms with Crippen LogP contribution in [0.1, 0.15) is 27.7 Å². The summed E-state index contributed by atoms with van der Waals surface area (Å²) in [6, 6.07) is 4.95. The number of hydrogen-bond acceptors (Lipinski definition) is 6. The summed E-state index contributed by atoms with van der Waals surface area (Å²) in [5.74, 6) is -0.113. The Balaban J connectivity index is 2.09. The van der Waals surface area contributed by atoms with Crippen molar-refractivity contribution in [3.8, 4) is 0 Å². The Morgan fingerprint density at radius 3 is 2.26 bits per heavy atom. The van der Waals surface area contributed by atoms with Crippen molar-refractivity contribution in [2.24, 2.45) is 0 Å². The minimum Gasteiger partial charge on any atom is -0.350 e. The van der Waals surface area contributed by atoms with Crippen LogP contribution in [0.4, 0.5) is 5.69 Å². The zero-order valence-corrected chi connectivity index (χ0v) is 16.8. The SMILES string of the molecule is C[C@H](C(=O)NC(C)(C)C)N1CCN(S(=O)(=O)c2ccccc2[N+](=O)[O-])CC1. The molecule has 1 amide bonds. The lowest BCUT2D eigenvalue weighted by Crippen LogP contribution is -2.56. The predicted octanol–water partition coefficient (Wildman–Crippen LogP) is 1.20. The third kappa shape index (κ3) is 5.02. The van der Waals surface area contributed by atoms with E-state index in [2.05, 4.69) is 5.32 Å². The van der Waals surface area contributed by atoms with Crippen LogP contribution in [0.2, 0.25) is 0 Å². The van der Waals surface area contributed by atoms with E-state index in [1.54, 1.807) is 6.92 Å². The Labute approximate surface area is 159 Å². The maximum Gasteiger partial charge on any atom is 0.289 e. The molecule has 0 spiro atoms. The van der Waals surface area contributed by atoms with Gasteiger partial charge in [-0.2, -0.15) is 4.31 Å². The highest BCUT2D eigenvalue weighted by molar-refractivity contribution is 7.89. The molecule has 2 rings (SSSR count). The molecule has 1 atom stereocenters. The van der Waals surface area contributed by atoms with Crippen molar-refractivity contribution in [3.05, 3.63) is 34.4 Å². The Morgan fingerprint density at radius 1 is 1.19 bits per heavy atom. The molecule has 150 valence electrons. The Hall–Kier alpha value is -2.04. The summed E-state index contributed by atoms with van der Waals surface area (Å²) in [5.41, 5.74) is -0.777. The monoisotopic (exact) mass is 398 g/mol. The van der Waals surface area contributed by atoms with E-state index < -0.39 is 20.6 Å². The summed E-state index contributed by atoms with van der Waals surface area (Å²) >= 11 is 0. The van der Waals surface area contributed by atoms with E-state index in [1.165, 1.54) is 28.6 Å². The number of piperazine rings is 1. The van der Waals surface area contributed by atoms with Crippen molar-refractivity contribution in [1.82, 2.24) is 14.5 Å². The molecule has 1 fully saturated rings. The molecule has 0 unspecified atom stereocenters. The predicted molar refractivity (Wildman–Crippen MR) is 101 cm³/mol. The van der Waals surface area contributed by atoms with E-state index in [9.17, 15) is 23.3 Å². The molecule has 1 N–H and O–H groups in total. The average Bonchev–Trinajstić information content (AvgIpc) is 2.59. The molecule has 1 aliphatic rings. The first kappa shape index (κ1) is 21.3. The third-order valence-corrected chi connectivity index (χ3v) is 6.32. The van der Waals surface area contributed by atoms with Crippen molar-refractivity contribution in [2.75, 3.05) is 26.2 Å². The van der Waals surface area contributed by atoms with Crippen LogP contribution in [0.5, 0.6) is 0 Å². The maximum absolute atomic E-state index is 12.8. The summed E-state index contributed by atoms with van der Waals surface area (Å²) in [4.78, 5) is 24.4. The lowest BCUT2D eigenvalue weighted by molar-refractivity contribution is -0.387. The largest absolute Gasteiger partial charge is 0.350 e. The lowest BCUT2D eigenvalue weighted by Gasteiger charge is -2.37. The van der Waals surface area contributed by atoms with Gasteiger partial charge in [0.05, 0.1) is 11.0 Å². The highest BCUT2D eigenvalue weighted by atomic mass is 32.2. The van der Waals surface area contributed by atoms with Gasteiger partial charge in [-0.15, -0.1) is 0 Å². The molecule has 1 aliphatic heterocycles. The van der Waals surface area contributed by atoms with Gasteiger partial charge in [0.2, 0.25) is 15.9 Å². The number of nitro groups is 1. The summed E-state index contributed by atoms with van der Waals surface area (Å²) in [6.45, 7) is 8.56. The molecule has 0 aromatic heterocycles. The van der Waals surface area contributed by atoms with Gasteiger partial charge in [0.15, 0.2) is 4.90 Å². The molecule has 0 radical (unpaired) electrons. The Bertz CT molecular complexity index is 811. The second-order valence-corrected chi connectivity index (χ2v) is 9.49. The van der Waals surface area contributed by atoms with Gasteiger partial charge >= 0.3 is 0 Å². The van der Waals surface area contributed by atoms with Crippen LogP contribution in [0.3, 0.4) is 0 Å². The number of carbonyl (C=O) groups excluding carboxylic acids is 1. The Morgan fingerprint density at radius 2 is 1.74 bits per heavy atom. The van der Waals surface area contributed by atoms with Gasteiger partial charge in [-0.05, 0) is 33.8 Å². The number of carbonyl (C=O) groups is 1. The molecule has 0 saturated carbocycles. The van der Waals surface area contributed by atoms with Gasteiger partial charge < -0.3 is 5.32 Å². The molecule has 0 bridgehead atoms. The number of nitrogens with zero attached hydrogens (tertiary/aromatic N) is 3. The topological polar surface area (TPSA) is 113 Å². The number of para-hydroxylation sites is 1. The van der Waals surface area contributed by atoms with Crippen LogP contribution in [0.25, 0.3) is 0 Å². The van der Waals surface area contributed by atoms with Crippen LogP contribution < -0.4 is 5.32 Å². The smallest absolute Gasteiger partial charge is 0.289 e. The van der Waals surface area contributed by atoms with Crippen LogP contribution in [-0.4, -0.2) is 66.2 Å². The van der Waals surface area contributed by atoms with E-state index in [4.69, 9.17) is 0 Å². The average molecular weight is 398 g/mol. The molecular formula is C17H26N4O5S. The molecule has 10 heteroatoms. The zero-order chi connectivity index (χ0) is 20.4. The van der Waals surface area contributed by atoms with E-state index in [-0.39, 0.29) is 35.5 Å². The molecule has 1 aromatic carbocycles. The number of nitro benzene ring substituents is 1. The number of sulfonamides is 1. The van der Waals surface area contributed by atoms with Crippen LogP contribution in [-0.2, 0) is 14.8 Å². The minimum absolute atomic E-state index is 0.113. The van der Waals surface area contributed by atoms with Gasteiger partial charge in [0, 0.05) is 37.8 Å². The number of nitrogens with one attached hydrogen (secondary N) is 1. The van der Waals surface area contributed by atoms with Gasteiger partial charge in [-0.1, -0.05) is 12.1 Å². The third-order valence-electron chi connectivity index (χ3n) is 4.38. The lowest BCUT2D eigenvalue weighted by atomic mass is 10.1. The molecule has 9 nitrogen and oxygen atoms in total. The van der Waals surface area contributed by atoms with Crippen molar-refractivity contribution < 1.29 is 18.1 Å². The summed E-state index contributed by atoms with van der Waals surface area (Å²) in [7, 11) is -3.97. The van der Waals surface area contributed by atoms with Crippen LogP contribution in [0.15, 0.2) is 29.2 Å². The number of hydrogen-bond donors (Lipinski definition) is 1. The first-order chi connectivity index (χ1) is 12.4. The second kappa shape index (κ2) is 7.91. The van der Waals surface area contributed by atoms with Crippen molar-refractivity contribution in [2.45, 2.75) is 44.2 Å². The molecule has 1 aromatic rings. The van der Waals surface area contributed by atoms with Crippen LogP contribution >= 0.6 is 0 Å². The second-order valence-electron chi connectivity index (χ2n) is 7.58. The molecule has 0 aliphatic carbocycles. The van der Waals surface area contributed by atoms with Gasteiger partial charge in [0.1, 0.15) is 0 Å². The summed E-state index contributed by atoms with van der Waals surface area (Å²) in [6.07, 6.45) is 0. The molecule has 1 saturated heterocycles. The minimum atomic E-state index is -3.97. The molecule has 27 heavy (non-hydrogen) atoms. The van der Waals surface area contributed by atoms with Gasteiger partial charge in [-0.3, -0.25) is 19.8 Å². The Kier molecular flexibility index (Phi) is 6.23. The highest BCUT2D eigenvalue weighted by Gasteiger charge is 2.35. The number of amides is 1. The van der Waals surface area contributed by atoms with Gasteiger partial charge in [0.25, 0.3) is 5.69 Å². The fraction of sp³-hybridized carbons (Fsp3) is 0.588. The normalized spacial score (nSPS) is 18.1.